The van der Waals surface area contributed by atoms with Crippen molar-refractivity contribution in [3.05, 3.63) is 50.1 Å². The lowest BCUT2D eigenvalue weighted by Gasteiger charge is -2.31. The Morgan fingerprint density at radius 3 is 2.71 bits per heavy atom. The van der Waals surface area contributed by atoms with Crippen LogP contribution in [0, 0.1) is 5.92 Å². The van der Waals surface area contributed by atoms with Crippen molar-refractivity contribution in [2.45, 2.75) is 32.4 Å². The second-order valence-electron chi connectivity index (χ2n) is 8.08. The van der Waals surface area contributed by atoms with Gasteiger partial charge in [-0.3, -0.25) is 14.3 Å². The Hall–Kier alpha value is -2.78. The number of nitrogens with zero attached hydrogens (tertiary/aromatic N) is 4. The predicted molar refractivity (Wildman–Crippen MR) is 119 cm³/mol. The Balaban J connectivity index is 1.67. The largest absolute Gasteiger partial charge is 0.489 e. The number of aliphatic hydroxyl groups excluding tert-OH is 1. The Morgan fingerprint density at radius 1 is 1.29 bits per heavy atom. The van der Waals surface area contributed by atoms with Crippen LogP contribution in [0.2, 0.25) is 5.02 Å². The highest BCUT2D eigenvalue weighted by Crippen LogP contribution is 2.26. The van der Waals surface area contributed by atoms with E-state index in [2.05, 4.69) is 21.8 Å². The molecule has 3 aromatic rings. The molecule has 1 atom stereocenters. The van der Waals surface area contributed by atoms with Crippen LogP contribution in [0.4, 0.5) is 5.95 Å². The number of ether oxygens (including phenoxy) is 1. The second kappa shape index (κ2) is 8.76. The monoisotopic (exact) mass is 447 g/mol. The molecule has 1 saturated heterocycles. The fourth-order valence-electron chi connectivity index (χ4n) is 3.86. The molecule has 0 amide bonds. The number of para-hydroxylation sites is 1. The number of rotatable bonds is 6. The van der Waals surface area contributed by atoms with Gasteiger partial charge in [0, 0.05) is 20.1 Å². The molecule has 0 saturated carbocycles. The minimum absolute atomic E-state index is 0.0104. The van der Waals surface area contributed by atoms with Gasteiger partial charge in [-0.25, -0.2) is 4.79 Å². The third-order valence-corrected chi connectivity index (χ3v) is 6.03. The number of anilines is 1. The highest BCUT2D eigenvalue weighted by molar-refractivity contribution is 6.32. The molecule has 0 spiro atoms. The average molecular weight is 448 g/mol. The van der Waals surface area contributed by atoms with Gasteiger partial charge in [-0.1, -0.05) is 30.7 Å². The first-order valence-electron chi connectivity index (χ1n) is 10.3. The van der Waals surface area contributed by atoms with Crippen LogP contribution in [0.5, 0.6) is 5.75 Å². The first kappa shape index (κ1) is 21.5. The summed E-state index contributed by atoms with van der Waals surface area (Å²) in [6.45, 7) is 3.88. The third kappa shape index (κ3) is 4.33. The lowest BCUT2D eigenvalue weighted by Crippen LogP contribution is -2.36. The molecule has 3 heterocycles. The van der Waals surface area contributed by atoms with Crippen LogP contribution in [-0.4, -0.2) is 50.0 Å². The molecule has 2 aromatic heterocycles. The number of piperidine rings is 1. The molecule has 10 heteroatoms. The summed E-state index contributed by atoms with van der Waals surface area (Å²) in [6, 6.07) is 7.03. The molecule has 2 N–H and O–H groups in total. The first-order valence-corrected chi connectivity index (χ1v) is 10.7. The van der Waals surface area contributed by atoms with E-state index < -0.39 is 17.4 Å². The van der Waals surface area contributed by atoms with Gasteiger partial charge >= 0.3 is 5.69 Å². The molecule has 0 bridgehead atoms. The van der Waals surface area contributed by atoms with Gasteiger partial charge in [0.25, 0.3) is 5.56 Å². The van der Waals surface area contributed by atoms with Crippen LogP contribution >= 0.6 is 11.6 Å². The Bertz CT molecular complexity index is 1190. The van der Waals surface area contributed by atoms with Crippen molar-refractivity contribution in [3.8, 4) is 5.75 Å². The van der Waals surface area contributed by atoms with E-state index in [-0.39, 0.29) is 18.7 Å². The Labute approximate surface area is 183 Å². The number of hydrogen-bond acceptors (Lipinski definition) is 6. The van der Waals surface area contributed by atoms with Crippen LogP contribution in [0.3, 0.4) is 0 Å². The zero-order valence-electron chi connectivity index (χ0n) is 17.5. The number of aliphatic hydroxyl groups is 1. The van der Waals surface area contributed by atoms with E-state index in [1.165, 1.54) is 4.57 Å². The predicted octanol–water partition coefficient (Wildman–Crippen LogP) is 1.75. The zero-order chi connectivity index (χ0) is 22.1. The number of aryl methyl sites for hydroxylation is 1. The summed E-state index contributed by atoms with van der Waals surface area (Å²) in [6.07, 6.45) is 1.10. The summed E-state index contributed by atoms with van der Waals surface area (Å²) in [5.41, 5.74) is -0.501. The molecule has 0 unspecified atom stereocenters. The van der Waals surface area contributed by atoms with Gasteiger partial charge in [-0.05, 0) is 30.9 Å². The van der Waals surface area contributed by atoms with E-state index in [0.717, 1.165) is 25.9 Å². The van der Waals surface area contributed by atoms with Crippen molar-refractivity contribution in [3.63, 3.8) is 0 Å². The summed E-state index contributed by atoms with van der Waals surface area (Å²) in [5, 5.41) is 11.2. The van der Waals surface area contributed by atoms with E-state index in [0.29, 0.717) is 28.3 Å². The van der Waals surface area contributed by atoms with E-state index in [4.69, 9.17) is 16.3 Å². The fraction of sp³-hybridized carbons (Fsp3) is 0.476. The molecule has 1 aliphatic rings. The molecule has 0 radical (unpaired) electrons. The summed E-state index contributed by atoms with van der Waals surface area (Å²) in [4.78, 5) is 33.8. The number of H-pyrrole nitrogens is 1. The highest BCUT2D eigenvalue weighted by Gasteiger charge is 2.25. The zero-order valence-corrected chi connectivity index (χ0v) is 18.3. The van der Waals surface area contributed by atoms with E-state index in [1.807, 2.05) is 0 Å². The van der Waals surface area contributed by atoms with Crippen molar-refractivity contribution < 1.29 is 9.84 Å². The maximum absolute atomic E-state index is 12.6. The minimum atomic E-state index is -0.923. The molecular weight excluding hydrogens is 422 g/mol. The number of aromatic nitrogens is 4. The Morgan fingerprint density at radius 2 is 2.00 bits per heavy atom. The quantitative estimate of drug-likeness (QED) is 0.596. The molecule has 4 rings (SSSR count). The number of hydrogen-bond donors (Lipinski definition) is 2. The normalized spacial score (nSPS) is 16.1. The maximum Gasteiger partial charge on any atom is 0.329 e. The van der Waals surface area contributed by atoms with Crippen molar-refractivity contribution in [1.29, 1.82) is 0 Å². The van der Waals surface area contributed by atoms with E-state index >= 15 is 0 Å². The molecule has 1 fully saturated rings. The molecule has 9 nitrogen and oxygen atoms in total. The Kier molecular flexibility index (Phi) is 6.06. The average Bonchev–Trinajstić information content (AvgIpc) is 3.12. The van der Waals surface area contributed by atoms with Crippen LogP contribution < -0.4 is 20.9 Å². The van der Waals surface area contributed by atoms with Gasteiger partial charge < -0.3 is 19.3 Å². The smallest absolute Gasteiger partial charge is 0.329 e. The van der Waals surface area contributed by atoms with Gasteiger partial charge in [0.1, 0.15) is 18.5 Å². The van der Waals surface area contributed by atoms with Gasteiger partial charge in [-0.15, -0.1) is 0 Å². The summed E-state index contributed by atoms with van der Waals surface area (Å²) >= 11 is 6.11. The minimum Gasteiger partial charge on any atom is -0.489 e. The molecule has 1 aliphatic heterocycles. The summed E-state index contributed by atoms with van der Waals surface area (Å²) in [7, 11) is 1.57. The number of fused-ring (bicyclic) bond motifs is 1. The summed E-state index contributed by atoms with van der Waals surface area (Å²) in [5.74, 6) is 1.67. The van der Waals surface area contributed by atoms with Crippen LogP contribution in [0.15, 0.2) is 33.9 Å². The fourth-order valence-corrected chi connectivity index (χ4v) is 4.05. The number of nitrogens with one attached hydrogen (secondary N) is 1. The summed E-state index contributed by atoms with van der Waals surface area (Å²) < 4.78 is 8.66. The number of halogens is 1. The molecule has 31 heavy (non-hydrogen) atoms. The molecule has 166 valence electrons. The number of aromatic amines is 1. The molecule has 0 aliphatic carbocycles. The van der Waals surface area contributed by atoms with Crippen molar-refractivity contribution >= 4 is 28.7 Å². The van der Waals surface area contributed by atoms with Crippen molar-refractivity contribution in [1.82, 2.24) is 19.1 Å². The maximum atomic E-state index is 12.6. The lowest BCUT2D eigenvalue weighted by molar-refractivity contribution is 0.0936. The second-order valence-corrected chi connectivity index (χ2v) is 8.48. The van der Waals surface area contributed by atoms with Crippen molar-refractivity contribution in [2.75, 3.05) is 24.6 Å². The van der Waals surface area contributed by atoms with Gasteiger partial charge in [0.15, 0.2) is 11.2 Å². The highest BCUT2D eigenvalue weighted by atomic mass is 35.5. The van der Waals surface area contributed by atoms with Crippen LogP contribution in [-0.2, 0) is 13.6 Å². The first-order chi connectivity index (χ1) is 14.8. The third-order valence-electron chi connectivity index (χ3n) is 5.71. The van der Waals surface area contributed by atoms with Crippen molar-refractivity contribution in [2.24, 2.45) is 13.0 Å². The SMILES string of the molecule is CC1CCN(c2nc3c(c(=O)[nH]c(=O)n3C)n2C[C@H](O)COc2ccccc2Cl)CC1. The molecule has 1 aromatic carbocycles. The van der Waals surface area contributed by atoms with Crippen LogP contribution in [0.25, 0.3) is 11.2 Å². The van der Waals surface area contributed by atoms with Gasteiger partial charge in [0.2, 0.25) is 5.95 Å². The van der Waals surface area contributed by atoms with E-state index in [1.54, 1.807) is 35.9 Å². The molecular formula is C21H26ClN5O4. The van der Waals surface area contributed by atoms with Crippen LogP contribution in [0.1, 0.15) is 19.8 Å². The van der Waals surface area contributed by atoms with Gasteiger partial charge in [-0.2, -0.15) is 4.98 Å². The standard InChI is InChI=1S/C21H26ClN5O4/c1-13-7-9-26(10-8-13)20-23-18-17(19(29)24-21(30)25(18)2)27(20)11-14(28)12-31-16-6-4-3-5-15(16)22/h3-6,13-14,28H,7-12H2,1-2H3,(H,24,29,30)/t14-/m0/s1. The number of benzene rings is 1. The van der Waals surface area contributed by atoms with E-state index in [9.17, 15) is 14.7 Å². The number of imidazole rings is 1. The van der Waals surface area contributed by atoms with Gasteiger partial charge in [0.05, 0.1) is 11.6 Å². The topological polar surface area (TPSA) is 105 Å². The lowest BCUT2D eigenvalue weighted by atomic mass is 10.00.